The molecular formula is C10H11F3N2O2. The molecule has 0 saturated heterocycles. The van der Waals surface area contributed by atoms with Crippen molar-refractivity contribution in [2.24, 2.45) is 0 Å². The SMILES string of the molecule is Nc1cc(F)ccc1C(=O)NCC(F)(F)CO. The van der Waals surface area contributed by atoms with E-state index in [4.69, 9.17) is 10.8 Å². The number of nitrogens with two attached hydrogens (primary N) is 1. The highest BCUT2D eigenvalue weighted by atomic mass is 19.3. The summed E-state index contributed by atoms with van der Waals surface area (Å²) in [6, 6.07) is 3.01. The summed E-state index contributed by atoms with van der Waals surface area (Å²) < 4.78 is 38.0. The van der Waals surface area contributed by atoms with Crippen molar-refractivity contribution in [3.63, 3.8) is 0 Å². The summed E-state index contributed by atoms with van der Waals surface area (Å²) in [5.74, 6) is -4.87. The monoisotopic (exact) mass is 248 g/mol. The molecule has 94 valence electrons. The number of anilines is 1. The van der Waals surface area contributed by atoms with Crippen molar-refractivity contribution in [1.82, 2.24) is 5.32 Å². The minimum absolute atomic E-state index is 0.0971. The fraction of sp³-hybridized carbons (Fsp3) is 0.300. The molecule has 17 heavy (non-hydrogen) atoms. The molecule has 0 radical (unpaired) electrons. The first kappa shape index (κ1) is 13.3. The highest BCUT2D eigenvalue weighted by Gasteiger charge is 2.28. The molecule has 0 aliphatic rings. The summed E-state index contributed by atoms with van der Waals surface area (Å²) in [4.78, 5) is 11.4. The number of alkyl halides is 2. The van der Waals surface area contributed by atoms with Crippen LogP contribution in [0.3, 0.4) is 0 Å². The van der Waals surface area contributed by atoms with Gasteiger partial charge in [-0.1, -0.05) is 0 Å². The Morgan fingerprint density at radius 1 is 1.47 bits per heavy atom. The lowest BCUT2D eigenvalue weighted by Gasteiger charge is -2.14. The Morgan fingerprint density at radius 3 is 2.65 bits per heavy atom. The molecule has 1 aromatic rings. The zero-order chi connectivity index (χ0) is 13.1. The minimum Gasteiger partial charge on any atom is -0.398 e. The molecule has 1 rings (SSSR count). The van der Waals surface area contributed by atoms with Crippen molar-refractivity contribution in [3.8, 4) is 0 Å². The van der Waals surface area contributed by atoms with Gasteiger partial charge < -0.3 is 16.2 Å². The molecule has 1 aromatic carbocycles. The third kappa shape index (κ3) is 3.63. The van der Waals surface area contributed by atoms with Gasteiger partial charge in [0.15, 0.2) is 0 Å². The maximum Gasteiger partial charge on any atom is 0.287 e. The molecule has 0 bridgehead atoms. The summed E-state index contributed by atoms with van der Waals surface area (Å²) in [5.41, 5.74) is 5.12. The Morgan fingerprint density at radius 2 is 2.12 bits per heavy atom. The second-order valence-electron chi connectivity index (χ2n) is 3.43. The number of benzene rings is 1. The van der Waals surface area contributed by atoms with E-state index in [0.29, 0.717) is 0 Å². The van der Waals surface area contributed by atoms with Gasteiger partial charge in [0, 0.05) is 5.69 Å². The Hall–Kier alpha value is -1.76. The molecule has 7 heteroatoms. The summed E-state index contributed by atoms with van der Waals surface area (Å²) >= 11 is 0. The number of nitrogens with one attached hydrogen (secondary N) is 1. The average Bonchev–Trinajstić information content (AvgIpc) is 2.26. The van der Waals surface area contributed by atoms with Crippen molar-refractivity contribution in [2.45, 2.75) is 5.92 Å². The van der Waals surface area contributed by atoms with Crippen LogP contribution in [0.15, 0.2) is 18.2 Å². The number of nitrogen functional groups attached to an aromatic ring is 1. The molecule has 0 unspecified atom stereocenters. The van der Waals surface area contributed by atoms with Crippen LogP contribution in [0.25, 0.3) is 0 Å². The normalized spacial score (nSPS) is 11.3. The van der Waals surface area contributed by atoms with Gasteiger partial charge in [-0.05, 0) is 18.2 Å². The third-order valence-corrected chi connectivity index (χ3v) is 2.00. The fourth-order valence-corrected chi connectivity index (χ4v) is 1.10. The summed E-state index contributed by atoms with van der Waals surface area (Å²) in [6.45, 7) is -2.38. The molecule has 0 fully saturated rings. The molecular weight excluding hydrogens is 237 g/mol. The van der Waals surface area contributed by atoms with Crippen LogP contribution in [0.5, 0.6) is 0 Å². The predicted octanol–water partition coefficient (Wildman–Crippen LogP) is 0.765. The average molecular weight is 248 g/mol. The summed E-state index contributed by atoms with van der Waals surface area (Å²) in [5, 5.41) is 10.2. The number of aliphatic hydroxyl groups excluding tert-OH is 1. The van der Waals surface area contributed by atoms with Gasteiger partial charge in [0.05, 0.1) is 12.1 Å². The molecule has 0 atom stereocenters. The predicted molar refractivity (Wildman–Crippen MR) is 55.2 cm³/mol. The number of amides is 1. The van der Waals surface area contributed by atoms with Crippen molar-refractivity contribution < 1.29 is 23.1 Å². The van der Waals surface area contributed by atoms with E-state index in [-0.39, 0.29) is 11.3 Å². The van der Waals surface area contributed by atoms with Crippen LogP contribution in [-0.4, -0.2) is 30.1 Å². The smallest absolute Gasteiger partial charge is 0.287 e. The first-order valence-corrected chi connectivity index (χ1v) is 4.67. The molecule has 0 heterocycles. The Bertz CT molecular complexity index is 424. The van der Waals surface area contributed by atoms with Crippen LogP contribution in [0, 0.1) is 5.82 Å². The largest absolute Gasteiger partial charge is 0.398 e. The lowest BCUT2D eigenvalue weighted by Crippen LogP contribution is -2.39. The molecule has 4 nitrogen and oxygen atoms in total. The van der Waals surface area contributed by atoms with Crippen molar-refractivity contribution >= 4 is 11.6 Å². The second kappa shape index (κ2) is 5.05. The van der Waals surface area contributed by atoms with E-state index < -0.39 is 30.8 Å². The Labute approximate surface area is 95.2 Å². The first-order valence-electron chi connectivity index (χ1n) is 4.67. The number of hydrogen-bond donors (Lipinski definition) is 3. The van der Waals surface area contributed by atoms with Crippen molar-refractivity contribution in [1.29, 1.82) is 0 Å². The van der Waals surface area contributed by atoms with Crippen molar-refractivity contribution in [2.75, 3.05) is 18.9 Å². The number of aliphatic hydroxyl groups is 1. The summed E-state index contributed by atoms with van der Waals surface area (Å²) in [7, 11) is 0. The fourth-order valence-electron chi connectivity index (χ4n) is 1.10. The van der Waals surface area contributed by atoms with Crippen LogP contribution in [-0.2, 0) is 0 Å². The Balaban J connectivity index is 2.71. The maximum atomic E-state index is 12.7. The topological polar surface area (TPSA) is 75.4 Å². The number of carbonyl (C=O) groups excluding carboxylic acids is 1. The standard InChI is InChI=1S/C10H11F3N2O2/c11-6-1-2-7(8(14)3-6)9(17)15-4-10(12,13)5-16/h1-3,16H,4-5,14H2,(H,15,17). The molecule has 4 N–H and O–H groups in total. The highest BCUT2D eigenvalue weighted by molar-refractivity contribution is 5.99. The van der Waals surface area contributed by atoms with Gasteiger partial charge in [-0.2, -0.15) is 0 Å². The van der Waals surface area contributed by atoms with Crippen LogP contribution in [0.2, 0.25) is 0 Å². The zero-order valence-corrected chi connectivity index (χ0v) is 8.71. The highest BCUT2D eigenvalue weighted by Crippen LogP contribution is 2.14. The molecule has 0 aliphatic carbocycles. The second-order valence-corrected chi connectivity index (χ2v) is 3.43. The van der Waals surface area contributed by atoms with Crippen LogP contribution >= 0.6 is 0 Å². The van der Waals surface area contributed by atoms with E-state index in [1.165, 1.54) is 0 Å². The number of rotatable bonds is 4. The van der Waals surface area contributed by atoms with E-state index in [1.54, 1.807) is 0 Å². The minimum atomic E-state index is -3.40. The number of halogens is 3. The molecule has 0 spiro atoms. The van der Waals surface area contributed by atoms with E-state index in [9.17, 15) is 18.0 Å². The molecule has 0 saturated carbocycles. The zero-order valence-electron chi connectivity index (χ0n) is 8.71. The van der Waals surface area contributed by atoms with Gasteiger partial charge >= 0.3 is 0 Å². The maximum absolute atomic E-state index is 12.7. The lowest BCUT2D eigenvalue weighted by atomic mass is 10.1. The first-order chi connectivity index (χ1) is 7.85. The van der Waals surface area contributed by atoms with Crippen LogP contribution in [0.4, 0.5) is 18.9 Å². The van der Waals surface area contributed by atoms with E-state index in [0.717, 1.165) is 18.2 Å². The van der Waals surface area contributed by atoms with Gasteiger partial charge in [0.2, 0.25) is 0 Å². The van der Waals surface area contributed by atoms with Crippen LogP contribution in [0.1, 0.15) is 10.4 Å². The van der Waals surface area contributed by atoms with E-state index >= 15 is 0 Å². The van der Waals surface area contributed by atoms with Crippen molar-refractivity contribution in [3.05, 3.63) is 29.6 Å². The van der Waals surface area contributed by atoms with Crippen LogP contribution < -0.4 is 11.1 Å². The Kier molecular flexibility index (Phi) is 3.95. The van der Waals surface area contributed by atoms with E-state index in [1.807, 2.05) is 5.32 Å². The van der Waals surface area contributed by atoms with Gasteiger partial charge in [0.1, 0.15) is 12.4 Å². The van der Waals surface area contributed by atoms with Gasteiger partial charge in [0.25, 0.3) is 11.8 Å². The number of hydrogen-bond acceptors (Lipinski definition) is 3. The van der Waals surface area contributed by atoms with Gasteiger partial charge in [-0.3, -0.25) is 4.79 Å². The van der Waals surface area contributed by atoms with Gasteiger partial charge in [-0.15, -0.1) is 0 Å². The molecule has 0 aromatic heterocycles. The third-order valence-electron chi connectivity index (χ3n) is 2.00. The number of carbonyl (C=O) groups is 1. The molecule has 1 amide bonds. The molecule has 0 aliphatic heterocycles. The summed E-state index contributed by atoms with van der Waals surface area (Å²) in [6.07, 6.45) is 0. The van der Waals surface area contributed by atoms with E-state index in [2.05, 4.69) is 0 Å². The van der Waals surface area contributed by atoms with Gasteiger partial charge in [-0.25, -0.2) is 13.2 Å². The lowest BCUT2D eigenvalue weighted by molar-refractivity contribution is -0.0461. The quantitative estimate of drug-likeness (QED) is 0.689.